The van der Waals surface area contributed by atoms with Gasteiger partial charge in [-0.2, -0.15) is 13.2 Å². The summed E-state index contributed by atoms with van der Waals surface area (Å²) in [6.07, 6.45) is -5.79. The minimum atomic E-state index is -4.33. The van der Waals surface area contributed by atoms with Crippen LogP contribution in [0.1, 0.15) is 6.42 Å². The Bertz CT molecular complexity index is 134. The van der Waals surface area contributed by atoms with E-state index >= 15 is 0 Å². The third-order valence-corrected chi connectivity index (χ3v) is 1.77. The van der Waals surface area contributed by atoms with Crippen molar-refractivity contribution in [3.8, 4) is 0 Å². The fraction of sp³-hybridized carbons (Fsp3) is 1.00. The molecule has 1 aliphatic rings. The van der Waals surface area contributed by atoms with Gasteiger partial charge in [-0.15, -0.1) is 0 Å². The Hall–Kier alpha value is -0.290. The van der Waals surface area contributed by atoms with Gasteiger partial charge < -0.3 is 9.84 Å². The molecule has 0 aromatic heterocycles. The third-order valence-electron chi connectivity index (χ3n) is 1.77. The van der Waals surface area contributed by atoms with Crippen molar-refractivity contribution in [2.75, 3.05) is 13.2 Å². The van der Waals surface area contributed by atoms with Gasteiger partial charge in [-0.3, -0.25) is 0 Å². The van der Waals surface area contributed by atoms with Crippen molar-refractivity contribution in [2.45, 2.75) is 18.7 Å². The molecule has 1 saturated heterocycles. The van der Waals surface area contributed by atoms with E-state index in [0.29, 0.717) is 6.42 Å². The topological polar surface area (TPSA) is 29.5 Å². The van der Waals surface area contributed by atoms with Crippen molar-refractivity contribution < 1.29 is 23.0 Å². The number of halogens is 3. The lowest BCUT2D eigenvalue weighted by molar-refractivity contribution is -0.218. The van der Waals surface area contributed by atoms with Crippen LogP contribution in [0.4, 0.5) is 13.2 Å². The second-order valence-electron chi connectivity index (χ2n) is 2.56. The van der Waals surface area contributed by atoms with Crippen LogP contribution in [0.2, 0.25) is 0 Å². The van der Waals surface area contributed by atoms with Crippen molar-refractivity contribution in [1.82, 2.24) is 0 Å². The van der Waals surface area contributed by atoms with Crippen molar-refractivity contribution in [1.29, 1.82) is 0 Å². The maximum absolute atomic E-state index is 12.0. The maximum Gasteiger partial charge on any atom is 0.414 e. The first-order valence-electron chi connectivity index (χ1n) is 3.35. The van der Waals surface area contributed by atoms with E-state index in [1.165, 1.54) is 0 Å². The zero-order chi connectivity index (χ0) is 8.48. The maximum atomic E-state index is 12.0. The highest BCUT2D eigenvalue weighted by Gasteiger charge is 2.48. The zero-order valence-electron chi connectivity index (χ0n) is 5.77. The highest BCUT2D eigenvalue weighted by atomic mass is 19.4. The van der Waals surface area contributed by atoms with Crippen molar-refractivity contribution in [2.24, 2.45) is 5.92 Å². The largest absolute Gasteiger partial charge is 0.414 e. The van der Waals surface area contributed by atoms with E-state index in [1.54, 1.807) is 0 Å². The van der Waals surface area contributed by atoms with Crippen LogP contribution in [0.3, 0.4) is 0 Å². The van der Waals surface area contributed by atoms with E-state index in [1.807, 2.05) is 0 Å². The average Bonchev–Trinajstić information content (AvgIpc) is 2.31. The molecule has 0 radical (unpaired) electrons. The summed E-state index contributed by atoms with van der Waals surface area (Å²) in [6, 6.07) is 0. The smallest absolute Gasteiger partial charge is 0.396 e. The Morgan fingerprint density at radius 3 is 2.45 bits per heavy atom. The van der Waals surface area contributed by atoms with Gasteiger partial charge >= 0.3 is 6.18 Å². The molecule has 1 aliphatic heterocycles. The van der Waals surface area contributed by atoms with E-state index in [-0.39, 0.29) is 6.61 Å². The van der Waals surface area contributed by atoms with E-state index in [0.717, 1.165) is 0 Å². The van der Waals surface area contributed by atoms with Crippen LogP contribution in [-0.4, -0.2) is 30.6 Å². The average molecular weight is 170 g/mol. The van der Waals surface area contributed by atoms with Gasteiger partial charge in [0.2, 0.25) is 0 Å². The number of alkyl halides is 3. The number of aliphatic hydroxyl groups excluding tert-OH is 1. The molecule has 1 fully saturated rings. The summed E-state index contributed by atoms with van der Waals surface area (Å²) in [5.41, 5.74) is 0. The lowest BCUT2D eigenvalue weighted by Gasteiger charge is -2.18. The van der Waals surface area contributed by atoms with Crippen LogP contribution in [0.25, 0.3) is 0 Å². The van der Waals surface area contributed by atoms with Crippen LogP contribution in [0.15, 0.2) is 0 Å². The molecule has 1 heterocycles. The van der Waals surface area contributed by atoms with Gasteiger partial charge in [-0.05, 0) is 6.42 Å². The molecular formula is C6H9F3O2. The fourth-order valence-corrected chi connectivity index (χ4v) is 1.18. The Morgan fingerprint density at radius 1 is 1.45 bits per heavy atom. The Morgan fingerprint density at radius 2 is 2.09 bits per heavy atom. The van der Waals surface area contributed by atoms with Crippen LogP contribution in [-0.2, 0) is 4.74 Å². The summed E-state index contributed by atoms with van der Waals surface area (Å²) < 4.78 is 40.3. The molecule has 0 bridgehead atoms. The molecule has 2 atom stereocenters. The summed E-state index contributed by atoms with van der Waals surface area (Å²) >= 11 is 0. The predicted octanol–water partition coefficient (Wildman–Crippen LogP) is 0.946. The summed E-state index contributed by atoms with van der Waals surface area (Å²) in [5, 5.41) is 8.52. The fourth-order valence-electron chi connectivity index (χ4n) is 1.18. The van der Waals surface area contributed by atoms with Gasteiger partial charge in [0.15, 0.2) is 6.10 Å². The number of aliphatic hydroxyl groups is 1. The number of rotatable bonds is 1. The van der Waals surface area contributed by atoms with Crippen molar-refractivity contribution >= 4 is 0 Å². The highest BCUT2D eigenvalue weighted by molar-refractivity contribution is 4.81. The van der Waals surface area contributed by atoms with Crippen LogP contribution < -0.4 is 0 Å². The van der Waals surface area contributed by atoms with Gasteiger partial charge in [0.1, 0.15) is 0 Å². The molecule has 0 aromatic rings. The molecule has 1 N–H and O–H groups in total. The van der Waals surface area contributed by atoms with Crippen LogP contribution in [0.5, 0.6) is 0 Å². The predicted molar refractivity (Wildman–Crippen MR) is 31.0 cm³/mol. The summed E-state index contributed by atoms with van der Waals surface area (Å²) in [4.78, 5) is 0. The monoisotopic (exact) mass is 170 g/mol. The first-order valence-corrected chi connectivity index (χ1v) is 3.35. The SMILES string of the molecule is OCC1CCOC1C(F)(F)F. The third kappa shape index (κ3) is 1.84. The van der Waals surface area contributed by atoms with E-state index in [4.69, 9.17) is 5.11 Å². The quantitative estimate of drug-likeness (QED) is 0.634. The molecule has 1 rings (SSSR count). The second kappa shape index (κ2) is 2.98. The minimum absolute atomic E-state index is 0.0927. The molecule has 5 heteroatoms. The van der Waals surface area contributed by atoms with Crippen LogP contribution in [0, 0.1) is 5.92 Å². The molecule has 0 saturated carbocycles. The van der Waals surface area contributed by atoms with Gasteiger partial charge in [-0.1, -0.05) is 0 Å². The van der Waals surface area contributed by atoms with Gasteiger partial charge in [0.05, 0.1) is 0 Å². The van der Waals surface area contributed by atoms with E-state index < -0.39 is 24.8 Å². The summed E-state index contributed by atoms with van der Waals surface area (Å²) in [7, 11) is 0. The molecule has 2 nitrogen and oxygen atoms in total. The summed E-state index contributed by atoms with van der Waals surface area (Å²) in [6.45, 7) is -0.362. The van der Waals surface area contributed by atoms with Crippen LogP contribution >= 0.6 is 0 Å². The lowest BCUT2D eigenvalue weighted by Crippen LogP contribution is -2.35. The molecular weight excluding hydrogens is 161 g/mol. The zero-order valence-corrected chi connectivity index (χ0v) is 5.77. The normalized spacial score (nSPS) is 32.7. The van der Waals surface area contributed by atoms with E-state index in [2.05, 4.69) is 4.74 Å². The first-order chi connectivity index (χ1) is 5.05. The van der Waals surface area contributed by atoms with Gasteiger partial charge in [-0.25, -0.2) is 0 Å². The lowest BCUT2D eigenvalue weighted by atomic mass is 10.0. The second-order valence-corrected chi connectivity index (χ2v) is 2.56. The Balaban J connectivity index is 2.57. The molecule has 0 amide bonds. The first kappa shape index (κ1) is 8.80. The van der Waals surface area contributed by atoms with Crippen molar-refractivity contribution in [3.05, 3.63) is 0 Å². The Labute approximate surface area is 62.0 Å². The van der Waals surface area contributed by atoms with Gasteiger partial charge in [0, 0.05) is 19.1 Å². The van der Waals surface area contributed by atoms with E-state index in [9.17, 15) is 13.2 Å². The van der Waals surface area contributed by atoms with Crippen molar-refractivity contribution in [3.63, 3.8) is 0 Å². The minimum Gasteiger partial charge on any atom is -0.396 e. The number of ether oxygens (including phenoxy) is 1. The molecule has 11 heavy (non-hydrogen) atoms. The molecule has 0 spiro atoms. The molecule has 2 unspecified atom stereocenters. The standard InChI is InChI=1S/C6H9F3O2/c7-6(8,9)5-4(3-10)1-2-11-5/h4-5,10H,1-3H2. The molecule has 66 valence electrons. The highest BCUT2D eigenvalue weighted by Crippen LogP contribution is 2.33. The molecule has 0 aliphatic carbocycles. The van der Waals surface area contributed by atoms with Gasteiger partial charge in [0.25, 0.3) is 0 Å². The number of hydrogen-bond acceptors (Lipinski definition) is 2. The number of hydrogen-bond donors (Lipinski definition) is 1. The molecule has 0 aromatic carbocycles. The Kier molecular flexibility index (Phi) is 2.39. The summed E-state index contributed by atoms with van der Waals surface area (Å²) in [5.74, 6) is -0.769.